The van der Waals surface area contributed by atoms with Gasteiger partial charge in [-0.3, -0.25) is 4.98 Å². The van der Waals surface area contributed by atoms with Gasteiger partial charge in [0.25, 0.3) is 0 Å². The van der Waals surface area contributed by atoms with Crippen molar-refractivity contribution in [2.24, 2.45) is 11.7 Å². The number of methoxy groups -OCH3 is 1. The number of nitrogens with zero attached hydrogens (tertiary/aromatic N) is 1. The number of hydrogen-bond donors (Lipinski definition) is 1. The van der Waals surface area contributed by atoms with Crippen molar-refractivity contribution in [3.05, 3.63) is 23.0 Å². The molecule has 0 unspecified atom stereocenters. The molecule has 0 radical (unpaired) electrons. The Hall–Kier alpha value is -1.09. The van der Waals surface area contributed by atoms with E-state index in [1.165, 1.54) is 24.1 Å². The third-order valence-electron chi connectivity index (χ3n) is 4.12. The molecule has 1 aliphatic rings. The summed E-state index contributed by atoms with van der Waals surface area (Å²) in [6.45, 7) is 4.16. The fraction of sp³-hybridized carbons (Fsp3) is 0.667. The van der Waals surface area contributed by atoms with Gasteiger partial charge in [-0.2, -0.15) is 0 Å². The van der Waals surface area contributed by atoms with Crippen LogP contribution in [-0.2, 0) is 6.42 Å². The topological polar surface area (TPSA) is 48.1 Å². The largest absolute Gasteiger partial charge is 0.496 e. The smallest absolute Gasteiger partial charge is 0.128 e. The normalized spacial score (nSPS) is 24.0. The Morgan fingerprint density at radius 1 is 1.28 bits per heavy atom. The van der Waals surface area contributed by atoms with Crippen LogP contribution in [0.25, 0.3) is 0 Å². The minimum atomic E-state index is 0.419. The van der Waals surface area contributed by atoms with Crippen LogP contribution in [0.2, 0.25) is 0 Å². The Balaban J connectivity index is 2.10. The maximum Gasteiger partial charge on any atom is 0.128 e. The van der Waals surface area contributed by atoms with Crippen LogP contribution in [-0.4, -0.2) is 18.1 Å². The Morgan fingerprint density at radius 2 is 1.94 bits per heavy atom. The summed E-state index contributed by atoms with van der Waals surface area (Å²) in [6, 6.07) is 0.419. The van der Waals surface area contributed by atoms with E-state index in [4.69, 9.17) is 10.5 Å². The van der Waals surface area contributed by atoms with E-state index in [2.05, 4.69) is 11.9 Å². The van der Waals surface area contributed by atoms with Gasteiger partial charge in [-0.25, -0.2) is 0 Å². The fourth-order valence-corrected chi connectivity index (χ4v) is 2.94. The lowest BCUT2D eigenvalue weighted by atomic mass is 9.83. The van der Waals surface area contributed by atoms with Crippen LogP contribution in [0.4, 0.5) is 0 Å². The van der Waals surface area contributed by atoms with Crippen molar-refractivity contribution in [1.82, 2.24) is 4.98 Å². The summed E-state index contributed by atoms with van der Waals surface area (Å²) >= 11 is 0. The maximum atomic E-state index is 5.95. The third-order valence-corrected chi connectivity index (χ3v) is 4.12. The number of hydrogen-bond acceptors (Lipinski definition) is 3. The van der Waals surface area contributed by atoms with Gasteiger partial charge in [0.2, 0.25) is 0 Å². The minimum Gasteiger partial charge on any atom is -0.496 e. The summed E-state index contributed by atoms with van der Waals surface area (Å²) in [6.07, 6.45) is 7.78. The Bertz CT molecular complexity index is 409. The summed E-state index contributed by atoms with van der Waals surface area (Å²) in [5.74, 6) is 1.73. The van der Waals surface area contributed by atoms with Crippen molar-refractivity contribution in [2.45, 2.75) is 52.0 Å². The van der Waals surface area contributed by atoms with Crippen LogP contribution in [0.1, 0.15) is 42.5 Å². The summed E-state index contributed by atoms with van der Waals surface area (Å²) in [5.41, 5.74) is 9.46. The zero-order valence-corrected chi connectivity index (χ0v) is 11.7. The second kappa shape index (κ2) is 5.70. The third kappa shape index (κ3) is 2.83. The molecule has 18 heavy (non-hydrogen) atoms. The predicted molar refractivity (Wildman–Crippen MR) is 73.9 cm³/mol. The molecule has 1 aliphatic carbocycles. The molecular weight excluding hydrogens is 224 g/mol. The quantitative estimate of drug-likeness (QED) is 0.894. The van der Waals surface area contributed by atoms with Crippen molar-refractivity contribution < 1.29 is 4.74 Å². The first-order valence-electron chi connectivity index (χ1n) is 6.86. The molecule has 0 amide bonds. The molecule has 1 fully saturated rings. The average Bonchev–Trinajstić information content (AvgIpc) is 2.36. The van der Waals surface area contributed by atoms with E-state index in [9.17, 15) is 0 Å². The van der Waals surface area contributed by atoms with Crippen molar-refractivity contribution in [3.8, 4) is 5.75 Å². The molecule has 0 saturated heterocycles. The van der Waals surface area contributed by atoms with Gasteiger partial charge < -0.3 is 10.5 Å². The van der Waals surface area contributed by atoms with Crippen molar-refractivity contribution >= 4 is 0 Å². The molecule has 0 aliphatic heterocycles. The van der Waals surface area contributed by atoms with E-state index < -0.39 is 0 Å². The highest BCUT2D eigenvalue weighted by Crippen LogP contribution is 2.30. The Kier molecular flexibility index (Phi) is 4.23. The summed E-state index contributed by atoms with van der Waals surface area (Å²) in [4.78, 5) is 4.59. The number of rotatable bonds is 3. The zero-order valence-electron chi connectivity index (χ0n) is 11.7. The van der Waals surface area contributed by atoms with E-state index in [1.807, 2.05) is 13.1 Å². The lowest BCUT2D eigenvalue weighted by Crippen LogP contribution is -2.27. The Morgan fingerprint density at radius 3 is 2.56 bits per heavy atom. The highest BCUT2D eigenvalue weighted by Gasteiger charge is 2.20. The predicted octanol–water partition coefficient (Wildman–Crippen LogP) is 2.77. The molecule has 1 aromatic heterocycles. The number of aromatic nitrogens is 1. The van der Waals surface area contributed by atoms with Crippen molar-refractivity contribution in [2.75, 3.05) is 7.11 Å². The van der Waals surface area contributed by atoms with Gasteiger partial charge in [0, 0.05) is 29.1 Å². The first kappa shape index (κ1) is 13.3. The standard InChI is InChI=1S/C15H24N2O/c1-10-9-17-14(11(2)15(10)18-3)8-12-4-6-13(16)7-5-12/h9,12-13H,4-8,16H2,1-3H3. The molecule has 0 bridgehead atoms. The van der Waals surface area contributed by atoms with Crippen LogP contribution in [0.5, 0.6) is 5.75 Å². The fourth-order valence-electron chi connectivity index (χ4n) is 2.94. The van der Waals surface area contributed by atoms with E-state index in [0.29, 0.717) is 6.04 Å². The first-order valence-corrected chi connectivity index (χ1v) is 6.86. The second-order valence-corrected chi connectivity index (χ2v) is 5.53. The van der Waals surface area contributed by atoms with Gasteiger partial charge >= 0.3 is 0 Å². The molecule has 3 nitrogen and oxygen atoms in total. The monoisotopic (exact) mass is 248 g/mol. The van der Waals surface area contributed by atoms with Crippen molar-refractivity contribution in [1.29, 1.82) is 0 Å². The summed E-state index contributed by atoms with van der Waals surface area (Å²) in [7, 11) is 1.73. The number of aryl methyl sites for hydroxylation is 1. The molecule has 0 aromatic carbocycles. The molecule has 0 atom stereocenters. The lowest BCUT2D eigenvalue weighted by molar-refractivity contribution is 0.322. The zero-order chi connectivity index (χ0) is 13.1. The molecule has 1 saturated carbocycles. The first-order chi connectivity index (χ1) is 8.61. The SMILES string of the molecule is COc1c(C)cnc(CC2CCC(N)CC2)c1C. The molecule has 2 rings (SSSR count). The van der Waals surface area contributed by atoms with Gasteiger partial charge in [-0.15, -0.1) is 0 Å². The van der Waals surface area contributed by atoms with E-state index in [-0.39, 0.29) is 0 Å². The van der Waals surface area contributed by atoms with Crippen molar-refractivity contribution in [3.63, 3.8) is 0 Å². The Labute approximate surface area is 110 Å². The average molecular weight is 248 g/mol. The molecule has 1 aromatic rings. The molecule has 0 spiro atoms. The number of pyridine rings is 1. The van der Waals surface area contributed by atoms with Gasteiger partial charge in [0.1, 0.15) is 5.75 Å². The minimum absolute atomic E-state index is 0.419. The second-order valence-electron chi connectivity index (χ2n) is 5.53. The van der Waals surface area contributed by atoms with Gasteiger partial charge in [0.05, 0.1) is 7.11 Å². The van der Waals surface area contributed by atoms with Gasteiger partial charge in [-0.05, 0) is 51.9 Å². The van der Waals surface area contributed by atoms with Crippen LogP contribution in [0.3, 0.4) is 0 Å². The van der Waals surface area contributed by atoms with Gasteiger partial charge in [0.15, 0.2) is 0 Å². The van der Waals surface area contributed by atoms with Crippen LogP contribution in [0.15, 0.2) is 6.20 Å². The molecule has 100 valence electrons. The van der Waals surface area contributed by atoms with Crippen LogP contribution >= 0.6 is 0 Å². The highest BCUT2D eigenvalue weighted by molar-refractivity contribution is 5.41. The number of nitrogens with two attached hydrogens (primary N) is 1. The van der Waals surface area contributed by atoms with E-state index in [1.54, 1.807) is 7.11 Å². The summed E-state index contributed by atoms with van der Waals surface area (Å²) < 4.78 is 5.46. The molecular formula is C15H24N2O. The summed E-state index contributed by atoms with van der Waals surface area (Å²) in [5, 5.41) is 0. The molecule has 2 N–H and O–H groups in total. The number of ether oxygens (including phenoxy) is 1. The lowest BCUT2D eigenvalue weighted by Gasteiger charge is -2.26. The van der Waals surface area contributed by atoms with Gasteiger partial charge in [-0.1, -0.05) is 0 Å². The van der Waals surface area contributed by atoms with Crippen LogP contribution < -0.4 is 10.5 Å². The molecule has 3 heteroatoms. The van der Waals surface area contributed by atoms with E-state index >= 15 is 0 Å². The highest BCUT2D eigenvalue weighted by atomic mass is 16.5. The van der Waals surface area contributed by atoms with E-state index in [0.717, 1.165) is 36.5 Å². The maximum absolute atomic E-state index is 5.95. The van der Waals surface area contributed by atoms with Crippen LogP contribution in [0, 0.1) is 19.8 Å². The molecule has 1 heterocycles.